The zero-order valence-electron chi connectivity index (χ0n) is 21.1. The van der Waals surface area contributed by atoms with Crippen LogP contribution in [0.15, 0.2) is 71.6 Å². The smallest absolute Gasteiger partial charge is 0.262 e. The summed E-state index contributed by atoms with van der Waals surface area (Å²) in [4.78, 5) is 0.189. The number of ether oxygens (including phenoxy) is 4. The van der Waals surface area contributed by atoms with E-state index in [-0.39, 0.29) is 22.8 Å². The van der Waals surface area contributed by atoms with Gasteiger partial charge in [0.05, 0.1) is 45.1 Å². The molecule has 2 aliphatic rings. The number of sulfonamides is 1. The Balaban J connectivity index is 1.47. The predicted octanol–water partition coefficient (Wildman–Crippen LogP) is 5.35. The first kappa shape index (κ1) is 24.8. The topological polar surface area (TPSA) is 95.1 Å². The zero-order chi connectivity index (χ0) is 26.2. The summed E-state index contributed by atoms with van der Waals surface area (Å²) in [6.45, 7) is 0. The summed E-state index contributed by atoms with van der Waals surface area (Å²) in [6, 6.07) is 16.2. The molecule has 5 rings (SSSR count). The van der Waals surface area contributed by atoms with Crippen LogP contribution in [-0.2, 0) is 10.0 Å². The molecule has 0 spiro atoms. The number of benzene rings is 3. The lowest BCUT2D eigenvalue weighted by atomic mass is 9.77. The fraction of sp³-hybridized carbons (Fsp3) is 0.286. The third-order valence-corrected chi connectivity index (χ3v) is 8.43. The molecule has 194 valence electrons. The van der Waals surface area contributed by atoms with Crippen LogP contribution in [0, 0.1) is 5.92 Å². The largest absolute Gasteiger partial charge is 0.497 e. The number of allylic oxidation sites excluding steroid dienone is 2. The van der Waals surface area contributed by atoms with Gasteiger partial charge in [0, 0.05) is 17.7 Å². The van der Waals surface area contributed by atoms with Crippen LogP contribution in [0.4, 0.5) is 11.4 Å². The maximum Gasteiger partial charge on any atom is 0.262 e. The van der Waals surface area contributed by atoms with Crippen molar-refractivity contribution >= 4 is 21.4 Å². The summed E-state index contributed by atoms with van der Waals surface area (Å²) < 4.78 is 50.9. The second-order valence-corrected chi connectivity index (χ2v) is 10.7. The first-order chi connectivity index (χ1) is 17.9. The van der Waals surface area contributed by atoms with Gasteiger partial charge in [-0.25, -0.2) is 8.42 Å². The van der Waals surface area contributed by atoms with E-state index in [2.05, 4.69) is 22.2 Å². The molecular weight excluding hydrogens is 492 g/mol. The van der Waals surface area contributed by atoms with Crippen molar-refractivity contribution in [2.24, 2.45) is 5.92 Å². The van der Waals surface area contributed by atoms with Crippen molar-refractivity contribution in [3.8, 4) is 23.0 Å². The summed E-state index contributed by atoms with van der Waals surface area (Å²) in [7, 11) is 2.41. The Morgan fingerprint density at radius 3 is 2.35 bits per heavy atom. The van der Waals surface area contributed by atoms with Crippen LogP contribution < -0.4 is 29.0 Å². The van der Waals surface area contributed by atoms with Crippen LogP contribution in [-0.4, -0.2) is 36.9 Å². The van der Waals surface area contributed by atoms with Gasteiger partial charge in [0.25, 0.3) is 10.0 Å². The Morgan fingerprint density at radius 2 is 1.62 bits per heavy atom. The maximum absolute atomic E-state index is 13.4. The van der Waals surface area contributed by atoms with Gasteiger partial charge in [-0.05, 0) is 65.9 Å². The summed E-state index contributed by atoms with van der Waals surface area (Å²) in [5, 5.41) is 3.65. The Morgan fingerprint density at radius 1 is 0.838 bits per heavy atom. The number of nitrogens with one attached hydrogen (secondary N) is 2. The summed E-state index contributed by atoms with van der Waals surface area (Å²) in [6.07, 6.45) is 5.23. The standard InChI is InChI=1S/C28H30N2O6S/c1-33-18-9-11-24(26(15-18)35-3)30-37(31,32)19-10-12-23-22(16-19)20-6-5-7-21(20)28(29-23)17-8-13-25(34-2)27(14-17)36-4/h5-6,8-16,20-21,28-30H,7H2,1-4H3/t20-,21+,28+/m0/s1. The number of fused-ring (bicyclic) bond motifs is 3. The molecule has 3 atom stereocenters. The van der Waals surface area contributed by atoms with Crippen molar-refractivity contribution in [2.75, 3.05) is 38.5 Å². The Hall–Kier alpha value is -3.85. The van der Waals surface area contributed by atoms with Gasteiger partial charge in [0.2, 0.25) is 0 Å². The molecule has 0 saturated carbocycles. The van der Waals surface area contributed by atoms with Gasteiger partial charge in [-0.15, -0.1) is 0 Å². The summed E-state index contributed by atoms with van der Waals surface area (Å²) in [5.41, 5.74) is 3.30. The second kappa shape index (κ2) is 9.89. The van der Waals surface area contributed by atoms with Crippen LogP contribution in [0.2, 0.25) is 0 Å². The predicted molar refractivity (Wildman–Crippen MR) is 143 cm³/mol. The molecule has 1 heterocycles. The average Bonchev–Trinajstić information content (AvgIpc) is 3.42. The first-order valence-electron chi connectivity index (χ1n) is 11.9. The zero-order valence-corrected chi connectivity index (χ0v) is 22.0. The van der Waals surface area contributed by atoms with E-state index in [1.165, 1.54) is 7.11 Å². The van der Waals surface area contributed by atoms with E-state index in [1.807, 2.05) is 24.3 Å². The fourth-order valence-electron chi connectivity index (χ4n) is 5.20. The highest BCUT2D eigenvalue weighted by atomic mass is 32.2. The van der Waals surface area contributed by atoms with Crippen LogP contribution in [0.3, 0.4) is 0 Å². The highest BCUT2D eigenvalue weighted by Gasteiger charge is 2.38. The van der Waals surface area contributed by atoms with Gasteiger partial charge in [-0.1, -0.05) is 18.2 Å². The van der Waals surface area contributed by atoms with Crippen LogP contribution >= 0.6 is 0 Å². The molecule has 0 bridgehead atoms. The number of hydrogen-bond acceptors (Lipinski definition) is 7. The van der Waals surface area contributed by atoms with E-state index in [9.17, 15) is 8.42 Å². The Labute approximate surface area is 217 Å². The minimum absolute atomic E-state index is 0.0384. The van der Waals surface area contributed by atoms with Crippen molar-refractivity contribution < 1.29 is 27.4 Å². The highest BCUT2D eigenvalue weighted by Crippen LogP contribution is 2.51. The van der Waals surface area contributed by atoms with Crippen molar-refractivity contribution in [1.29, 1.82) is 0 Å². The van der Waals surface area contributed by atoms with Crippen LogP contribution in [0.25, 0.3) is 0 Å². The third-order valence-electron chi connectivity index (χ3n) is 7.06. The van der Waals surface area contributed by atoms with Gasteiger partial charge in [0.15, 0.2) is 11.5 Å². The molecule has 9 heteroatoms. The summed E-state index contributed by atoms with van der Waals surface area (Å²) >= 11 is 0. The number of methoxy groups -OCH3 is 4. The van der Waals surface area contributed by atoms with Gasteiger partial charge in [-0.3, -0.25) is 4.72 Å². The van der Waals surface area contributed by atoms with Crippen molar-refractivity contribution in [3.05, 3.63) is 77.9 Å². The lowest BCUT2D eigenvalue weighted by molar-refractivity contribution is 0.353. The van der Waals surface area contributed by atoms with E-state index in [0.29, 0.717) is 28.7 Å². The van der Waals surface area contributed by atoms with Gasteiger partial charge in [-0.2, -0.15) is 0 Å². The fourth-order valence-corrected chi connectivity index (χ4v) is 6.31. The lowest BCUT2D eigenvalue weighted by Gasteiger charge is -2.38. The minimum Gasteiger partial charge on any atom is -0.497 e. The first-order valence-corrected chi connectivity index (χ1v) is 13.4. The Kier molecular flexibility index (Phi) is 6.64. The number of rotatable bonds is 8. The van der Waals surface area contributed by atoms with Crippen LogP contribution in [0.1, 0.15) is 29.5 Å². The molecule has 37 heavy (non-hydrogen) atoms. The number of anilines is 2. The van der Waals surface area contributed by atoms with Gasteiger partial charge >= 0.3 is 0 Å². The lowest BCUT2D eigenvalue weighted by Crippen LogP contribution is -2.29. The average molecular weight is 523 g/mol. The highest BCUT2D eigenvalue weighted by molar-refractivity contribution is 7.92. The van der Waals surface area contributed by atoms with Crippen LogP contribution in [0.5, 0.6) is 23.0 Å². The van der Waals surface area contributed by atoms with E-state index >= 15 is 0 Å². The molecule has 3 aromatic rings. The second-order valence-electron chi connectivity index (χ2n) is 9.01. The molecule has 1 aliphatic carbocycles. The number of hydrogen-bond donors (Lipinski definition) is 2. The molecule has 0 unspecified atom stereocenters. The van der Waals surface area contributed by atoms with Gasteiger partial charge < -0.3 is 24.3 Å². The molecule has 0 fully saturated rings. The SMILES string of the molecule is COc1ccc(NS(=O)(=O)c2ccc3c(c2)[C@H]2C=CC[C@H]2[C@@H](c2ccc(OC)c(OC)c2)N3)c(OC)c1. The molecule has 0 saturated heterocycles. The van der Waals surface area contributed by atoms with E-state index in [4.69, 9.17) is 18.9 Å². The summed E-state index contributed by atoms with van der Waals surface area (Å²) in [5.74, 6) is 2.62. The van der Waals surface area contributed by atoms with Gasteiger partial charge in [0.1, 0.15) is 11.5 Å². The minimum atomic E-state index is -3.86. The van der Waals surface area contributed by atoms with Crippen molar-refractivity contribution in [3.63, 3.8) is 0 Å². The third kappa shape index (κ3) is 4.55. The Bertz CT molecular complexity index is 1450. The molecular formula is C28H30N2O6S. The monoisotopic (exact) mass is 522 g/mol. The molecule has 8 nitrogen and oxygen atoms in total. The van der Waals surface area contributed by atoms with Crippen molar-refractivity contribution in [1.82, 2.24) is 0 Å². The van der Waals surface area contributed by atoms with Crippen molar-refractivity contribution in [2.45, 2.75) is 23.3 Å². The van der Waals surface area contributed by atoms with E-state index < -0.39 is 10.0 Å². The molecule has 0 radical (unpaired) electrons. The maximum atomic E-state index is 13.4. The quantitative estimate of drug-likeness (QED) is 0.385. The van der Waals surface area contributed by atoms with E-state index in [0.717, 1.165) is 23.2 Å². The molecule has 1 aliphatic heterocycles. The molecule has 2 N–H and O–H groups in total. The normalized spacial score (nSPS) is 19.8. The molecule has 3 aromatic carbocycles. The molecule has 0 amide bonds. The van der Waals surface area contributed by atoms with E-state index in [1.54, 1.807) is 51.7 Å². The molecule has 0 aromatic heterocycles.